The largest absolute Gasteiger partial charge is 0.351 e. The monoisotopic (exact) mass is 302 g/mol. The molecule has 0 radical (unpaired) electrons. The van der Waals surface area contributed by atoms with E-state index in [1.807, 2.05) is 49.9 Å². The third kappa shape index (κ3) is 3.97. The Labute approximate surface area is 130 Å². The maximum atomic E-state index is 12.4. The number of thioether (sulfide) groups is 1. The quantitative estimate of drug-likeness (QED) is 0.856. The molecule has 0 bridgehead atoms. The van der Waals surface area contributed by atoms with E-state index in [0.717, 1.165) is 33.5 Å². The van der Waals surface area contributed by atoms with Crippen LogP contribution in [0.4, 0.5) is 0 Å². The Hall–Kier alpha value is -1.55. The van der Waals surface area contributed by atoms with Crippen molar-refractivity contribution in [3.8, 4) is 0 Å². The highest BCUT2D eigenvalue weighted by Gasteiger charge is 2.12. The molecule has 0 saturated carbocycles. The fraction of sp³-hybridized carbons (Fsp3) is 0.412. The first-order valence-electron chi connectivity index (χ1n) is 7.26. The van der Waals surface area contributed by atoms with E-state index in [2.05, 4.69) is 24.1 Å². The average molecular weight is 302 g/mol. The zero-order valence-electron chi connectivity index (χ0n) is 13.1. The van der Waals surface area contributed by atoms with E-state index in [-0.39, 0.29) is 5.91 Å². The van der Waals surface area contributed by atoms with Gasteiger partial charge in [0.1, 0.15) is 0 Å². The summed E-state index contributed by atoms with van der Waals surface area (Å²) < 4.78 is 0. The molecule has 0 saturated heterocycles. The minimum atomic E-state index is -0.0135. The molecule has 0 atom stereocenters. The van der Waals surface area contributed by atoms with Gasteiger partial charge in [0, 0.05) is 23.4 Å². The van der Waals surface area contributed by atoms with Crippen LogP contribution in [-0.4, -0.2) is 28.4 Å². The minimum absolute atomic E-state index is 0.0135. The lowest BCUT2D eigenvalue weighted by Gasteiger charge is -2.11. The van der Waals surface area contributed by atoms with Crippen LogP contribution in [0.15, 0.2) is 24.3 Å². The summed E-state index contributed by atoms with van der Waals surface area (Å²) >= 11 is 1.85. The number of aromatic nitrogens is 1. The van der Waals surface area contributed by atoms with Crippen LogP contribution < -0.4 is 5.32 Å². The number of nitrogens with zero attached hydrogens (tertiary/aromatic N) is 1. The topological polar surface area (TPSA) is 42.0 Å². The summed E-state index contributed by atoms with van der Waals surface area (Å²) in [5.74, 6) is 0.921. The second-order valence-electron chi connectivity index (χ2n) is 5.46. The van der Waals surface area contributed by atoms with E-state index < -0.39 is 0 Å². The van der Waals surface area contributed by atoms with Crippen LogP contribution in [0.25, 0.3) is 10.9 Å². The van der Waals surface area contributed by atoms with Gasteiger partial charge in [-0.05, 0) is 30.7 Å². The van der Waals surface area contributed by atoms with Gasteiger partial charge in [0.05, 0.1) is 11.1 Å². The lowest BCUT2D eigenvalue weighted by Crippen LogP contribution is -2.26. The number of hydrogen-bond acceptors (Lipinski definition) is 3. The zero-order chi connectivity index (χ0) is 15.4. The number of amides is 1. The van der Waals surface area contributed by atoms with Gasteiger partial charge in [-0.15, -0.1) is 0 Å². The number of rotatable bonds is 5. The summed E-state index contributed by atoms with van der Waals surface area (Å²) in [5, 5.41) is 4.52. The summed E-state index contributed by atoms with van der Waals surface area (Å²) in [5.41, 5.74) is 3.61. The summed E-state index contributed by atoms with van der Waals surface area (Å²) in [6.07, 6.45) is 0. The van der Waals surface area contributed by atoms with E-state index in [9.17, 15) is 4.79 Å². The maximum absolute atomic E-state index is 12.4. The third-order valence-electron chi connectivity index (χ3n) is 3.25. The summed E-state index contributed by atoms with van der Waals surface area (Å²) in [6, 6.07) is 7.83. The first-order chi connectivity index (χ1) is 9.99. The van der Waals surface area contributed by atoms with E-state index in [1.165, 1.54) is 0 Å². The molecular weight excluding hydrogens is 280 g/mol. The van der Waals surface area contributed by atoms with E-state index in [0.29, 0.717) is 11.8 Å². The van der Waals surface area contributed by atoms with Gasteiger partial charge in [0.25, 0.3) is 5.91 Å². The highest BCUT2D eigenvalue weighted by atomic mass is 32.2. The van der Waals surface area contributed by atoms with Crippen molar-refractivity contribution in [2.24, 2.45) is 0 Å². The molecule has 1 heterocycles. The summed E-state index contributed by atoms with van der Waals surface area (Å²) in [4.78, 5) is 17.0. The normalized spacial score (nSPS) is 11.1. The second kappa shape index (κ2) is 6.94. The molecular formula is C17H22N2OS. The van der Waals surface area contributed by atoms with Crippen LogP contribution in [0.3, 0.4) is 0 Å². The van der Waals surface area contributed by atoms with Gasteiger partial charge in [-0.25, -0.2) is 0 Å². The van der Waals surface area contributed by atoms with Crippen LogP contribution in [0, 0.1) is 13.8 Å². The number of benzene rings is 1. The number of nitrogens with one attached hydrogen (secondary N) is 1. The number of hydrogen-bond donors (Lipinski definition) is 1. The zero-order valence-corrected chi connectivity index (χ0v) is 13.9. The second-order valence-corrected chi connectivity index (χ2v) is 7.14. The average Bonchev–Trinajstić information content (AvgIpc) is 2.43. The number of para-hydroxylation sites is 1. The van der Waals surface area contributed by atoms with Crippen molar-refractivity contribution in [3.05, 3.63) is 41.1 Å². The van der Waals surface area contributed by atoms with Crippen LogP contribution in [0.5, 0.6) is 0 Å². The van der Waals surface area contributed by atoms with Gasteiger partial charge in [-0.2, -0.15) is 11.8 Å². The Morgan fingerprint density at radius 2 is 2.10 bits per heavy atom. The standard InChI is InChI=1S/C17H22N2OS/c1-11(2)21-9-8-18-17(20)15-10-13(4)19-16-12(3)6-5-7-14(15)16/h5-7,10-11H,8-9H2,1-4H3,(H,18,20). The van der Waals surface area contributed by atoms with Crippen LogP contribution >= 0.6 is 11.8 Å². The molecule has 2 rings (SSSR count). The van der Waals surface area contributed by atoms with Gasteiger partial charge < -0.3 is 5.32 Å². The molecule has 0 aliphatic rings. The predicted octanol–water partition coefficient (Wildman–Crippen LogP) is 3.72. The Morgan fingerprint density at radius 1 is 1.33 bits per heavy atom. The molecule has 0 unspecified atom stereocenters. The minimum Gasteiger partial charge on any atom is -0.351 e. The first kappa shape index (κ1) is 15.8. The molecule has 1 aromatic heterocycles. The Balaban J connectivity index is 2.21. The fourth-order valence-electron chi connectivity index (χ4n) is 2.26. The molecule has 0 aliphatic heterocycles. The molecule has 1 N–H and O–H groups in total. The van der Waals surface area contributed by atoms with Crippen molar-refractivity contribution in [1.82, 2.24) is 10.3 Å². The van der Waals surface area contributed by atoms with Crippen LogP contribution in [0.1, 0.15) is 35.5 Å². The highest BCUT2D eigenvalue weighted by molar-refractivity contribution is 7.99. The molecule has 3 nitrogen and oxygen atoms in total. The lowest BCUT2D eigenvalue weighted by molar-refractivity contribution is 0.0957. The maximum Gasteiger partial charge on any atom is 0.252 e. The molecule has 0 aliphatic carbocycles. The first-order valence-corrected chi connectivity index (χ1v) is 8.30. The Bertz CT molecular complexity index is 653. The van der Waals surface area contributed by atoms with Crippen molar-refractivity contribution in [3.63, 3.8) is 0 Å². The molecule has 21 heavy (non-hydrogen) atoms. The van der Waals surface area contributed by atoms with Gasteiger partial charge in [0.15, 0.2) is 0 Å². The number of aryl methyl sites for hydroxylation is 2. The highest BCUT2D eigenvalue weighted by Crippen LogP contribution is 2.21. The summed E-state index contributed by atoms with van der Waals surface area (Å²) in [7, 11) is 0. The van der Waals surface area contributed by atoms with E-state index in [1.54, 1.807) is 0 Å². The summed E-state index contributed by atoms with van der Waals surface area (Å²) in [6.45, 7) is 8.97. The molecule has 112 valence electrons. The number of carbonyl (C=O) groups is 1. The van der Waals surface area contributed by atoms with Crippen molar-refractivity contribution >= 4 is 28.6 Å². The number of pyridine rings is 1. The van der Waals surface area contributed by atoms with E-state index in [4.69, 9.17) is 0 Å². The van der Waals surface area contributed by atoms with Crippen molar-refractivity contribution < 1.29 is 4.79 Å². The van der Waals surface area contributed by atoms with Gasteiger partial charge in [-0.1, -0.05) is 32.0 Å². The molecule has 0 spiro atoms. The third-order valence-corrected chi connectivity index (χ3v) is 4.36. The van der Waals surface area contributed by atoms with Crippen molar-refractivity contribution in [2.75, 3.05) is 12.3 Å². The number of carbonyl (C=O) groups excluding carboxylic acids is 1. The molecule has 2 aromatic rings. The van der Waals surface area contributed by atoms with Gasteiger partial charge in [-0.3, -0.25) is 9.78 Å². The molecule has 4 heteroatoms. The predicted molar refractivity (Wildman–Crippen MR) is 91.1 cm³/mol. The van der Waals surface area contributed by atoms with Gasteiger partial charge >= 0.3 is 0 Å². The Morgan fingerprint density at radius 3 is 2.81 bits per heavy atom. The van der Waals surface area contributed by atoms with E-state index >= 15 is 0 Å². The van der Waals surface area contributed by atoms with Crippen molar-refractivity contribution in [1.29, 1.82) is 0 Å². The lowest BCUT2D eigenvalue weighted by atomic mass is 10.0. The fourth-order valence-corrected chi connectivity index (χ4v) is 2.95. The smallest absolute Gasteiger partial charge is 0.252 e. The molecule has 0 fully saturated rings. The van der Waals surface area contributed by atoms with Gasteiger partial charge in [0.2, 0.25) is 0 Å². The van der Waals surface area contributed by atoms with Crippen LogP contribution in [0.2, 0.25) is 0 Å². The molecule has 1 amide bonds. The van der Waals surface area contributed by atoms with Crippen LogP contribution in [-0.2, 0) is 0 Å². The number of fused-ring (bicyclic) bond motifs is 1. The SMILES string of the molecule is Cc1cc(C(=O)NCCSC(C)C)c2cccc(C)c2n1. The Kier molecular flexibility index (Phi) is 5.23. The molecule has 1 aromatic carbocycles. The van der Waals surface area contributed by atoms with Crippen molar-refractivity contribution in [2.45, 2.75) is 32.9 Å².